The van der Waals surface area contributed by atoms with Gasteiger partial charge in [-0.05, 0) is 27.2 Å². The van der Waals surface area contributed by atoms with Gasteiger partial charge in [-0.3, -0.25) is 4.90 Å². The van der Waals surface area contributed by atoms with Crippen molar-refractivity contribution in [2.75, 3.05) is 6.61 Å². The fourth-order valence-electron chi connectivity index (χ4n) is 1.58. The van der Waals surface area contributed by atoms with Gasteiger partial charge in [0.2, 0.25) is 0 Å². The number of nitrogens with zero attached hydrogens (tertiary/aromatic N) is 1. The molecular formula is C9H17NO2. The Bertz CT molecular complexity index is 183. The predicted molar refractivity (Wildman–Crippen MR) is 47.0 cm³/mol. The number of hydrogen-bond donors (Lipinski definition) is 0. The number of carbonyl (C=O) groups is 1. The molecule has 0 saturated carbocycles. The van der Waals surface area contributed by atoms with Crippen LogP contribution in [0.15, 0.2) is 0 Å². The Kier molecular flexibility index (Phi) is 2.31. The molecule has 0 aliphatic carbocycles. The van der Waals surface area contributed by atoms with Crippen molar-refractivity contribution in [3.63, 3.8) is 0 Å². The van der Waals surface area contributed by atoms with Crippen LogP contribution >= 0.6 is 0 Å². The number of carbonyl (C=O) groups excluding carboxylic acids is 1. The zero-order chi connectivity index (χ0) is 9.35. The Balaban J connectivity index is 2.77. The summed E-state index contributed by atoms with van der Waals surface area (Å²) < 4.78 is 4.98. The van der Waals surface area contributed by atoms with E-state index in [4.69, 9.17) is 4.74 Å². The third-order valence-corrected chi connectivity index (χ3v) is 2.15. The van der Waals surface area contributed by atoms with Gasteiger partial charge in [0.25, 0.3) is 0 Å². The van der Waals surface area contributed by atoms with Crippen LogP contribution in [-0.2, 0) is 4.74 Å². The number of hydrogen-bond acceptors (Lipinski definition) is 2. The van der Waals surface area contributed by atoms with E-state index >= 15 is 0 Å². The molecule has 0 spiro atoms. The highest BCUT2D eigenvalue weighted by atomic mass is 16.6. The van der Waals surface area contributed by atoms with Crippen LogP contribution in [0.1, 0.15) is 34.1 Å². The molecule has 1 aliphatic rings. The van der Waals surface area contributed by atoms with E-state index in [0.717, 1.165) is 6.42 Å². The average molecular weight is 171 g/mol. The molecule has 0 N–H and O–H groups in total. The van der Waals surface area contributed by atoms with Crippen molar-refractivity contribution < 1.29 is 9.53 Å². The van der Waals surface area contributed by atoms with Gasteiger partial charge in [-0.2, -0.15) is 0 Å². The van der Waals surface area contributed by atoms with Crippen LogP contribution in [0.4, 0.5) is 4.79 Å². The highest BCUT2D eigenvalue weighted by molar-refractivity contribution is 5.71. The molecule has 70 valence electrons. The van der Waals surface area contributed by atoms with Crippen molar-refractivity contribution in [3.8, 4) is 0 Å². The van der Waals surface area contributed by atoms with Crippen molar-refractivity contribution in [3.05, 3.63) is 0 Å². The van der Waals surface area contributed by atoms with Crippen molar-refractivity contribution in [2.45, 2.75) is 45.7 Å². The maximum absolute atomic E-state index is 11.3. The summed E-state index contributed by atoms with van der Waals surface area (Å²) in [5, 5.41) is 0. The van der Waals surface area contributed by atoms with Gasteiger partial charge in [0.15, 0.2) is 0 Å². The lowest BCUT2D eigenvalue weighted by Crippen LogP contribution is -2.46. The number of cyclic esters (lactones) is 1. The zero-order valence-corrected chi connectivity index (χ0v) is 8.26. The Morgan fingerprint density at radius 3 is 2.50 bits per heavy atom. The summed E-state index contributed by atoms with van der Waals surface area (Å²) in [6.45, 7) is 8.71. The van der Waals surface area contributed by atoms with Crippen LogP contribution in [0.25, 0.3) is 0 Å². The average Bonchev–Trinajstić information content (AvgIpc) is 2.29. The van der Waals surface area contributed by atoms with E-state index in [-0.39, 0.29) is 17.7 Å². The molecule has 0 unspecified atom stereocenters. The molecule has 1 amide bonds. The number of ether oxygens (including phenoxy) is 1. The van der Waals surface area contributed by atoms with Gasteiger partial charge in [-0.1, -0.05) is 6.92 Å². The van der Waals surface area contributed by atoms with E-state index in [1.807, 2.05) is 25.7 Å². The Morgan fingerprint density at radius 1 is 1.58 bits per heavy atom. The van der Waals surface area contributed by atoms with Gasteiger partial charge in [-0.15, -0.1) is 0 Å². The van der Waals surface area contributed by atoms with Crippen LogP contribution < -0.4 is 0 Å². The van der Waals surface area contributed by atoms with Gasteiger partial charge in [0.1, 0.15) is 6.61 Å². The second-order valence-electron chi connectivity index (χ2n) is 4.18. The van der Waals surface area contributed by atoms with E-state index in [0.29, 0.717) is 6.61 Å². The number of amides is 1. The lowest BCUT2D eigenvalue weighted by atomic mass is 10.0. The Hall–Kier alpha value is -0.730. The minimum Gasteiger partial charge on any atom is -0.447 e. The fraction of sp³-hybridized carbons (Fsp3) is 0.889. The summed E-state index contributed by atoms with van der Waals surface area (Å²) in [7, 11) is 0. The van der Waals surface area contributed by atoms with Crippen molar-refractivity contribution >= 4 is 6.09 Å². The van der Waals surface area contributed by atoms with Crippen LogP contribution in [0.5, 0.6) is 0 Å². The first-order valence-electron chi connectivity index (χ1n) is 4.43. The monoisotopic (exact) mass is 171 g/mol. The van der Waals surface area contributed by atoms with E-state index in [1.165, 1.54) is 0 Å². The lowest BCUT2D eigenvalue weighted by molar-refractivity contribution is 0.121. The largest absolute Gasteiger partial charge is 0.447 e. The molecule has 1 atom stereocenters. The van der Waals surface area contributed by atoms with Crippen molar-refractivity contribution in [1.82, 2.24) is 4.90 Å². The van der Waals surface area contributed by atoms with E-state index in [9.17, 15) is 4.79 Å². The Labute approximate surface area is 73.7 Å². The molecule has 3 heteroatoms. The standard InChI is InChI=1S/C9H17NO2/c1-5-7-6-12-8(11)10(7)9(2,3)4/h7H,5-6H2,1-4H3/t7-/m0/s1. The molecule has 0 bridgehead atoms. The van der Waals surface area contributed by atoms with Crippen molar-refractivity contribution in [1.29, 1.82) is 0 Å². The molecule has 12 heavy (non-hydrogen) atoms. The molecule has 3 nitrogen and oxygen atoms in total. The topological polar surface area (TPSA) is 29.5 Å². The molecule has 1 aliphatic heterocycles. The second-order valence-corrected chi connectivity index (χ2v) is 4.18. The zero-order valence-electron chi connectivity index (χ0n) is 8.26. The maximum Gasteiger partial charge on any atom is 0.410 e. The molecule has 0 radical (unpaired) electrons. The molecule has 0 aromatic rings. The normalized spacial score (nSPS) is 24.5. The third-order valence-electron chi connectivity index (χ3n) is 2.15. The van der Waals surface area contributed by atoms with Crippen LogP contribution in [0.3, 0.4) is 0 Å². The SMILES string of the molecule is CC[C@H]1COC(=O)N1C(C)(C)C. The lowest BCUT2D eigenvalue weighted by Gasteiger charge is -2.33. The molecule has 1 heterocycles. The first-order valence-corrected chi connectivity index (χ1v) is 4.43. The predicted octanol–water partition coefficient (Wildman–Crippen LogP) is 2.02. The number of rotatable bonds is 1. The quantitative estimate of drug-likeness (QED) is 0.604. The minimum absolute atomic E-state index is 0.117. The maximum atomic E-state index is 11.3. The molecule has 0 aromatic heterocycles. The van der Waals surface area contributed by atoms with Gasteiger partial charge in [-0.25, -0.2) is 4.79 Å². The van der Waals surface area contributed by atoms with Crippen molar-refractivity contribution in [2.24, 2.45) is 0 Å². The minimum atomic E-state index is -0.172. The van der Waals surface area contributed by atoms with E-state index in [2.05, 4.69) is 6.92 Å². The molecule has 1 saturated heterocycles. The van der Waals surface area contributed by atoms with E-state index in [1.54, 1.807) is 0 Å². The van der Waals surface area contributed by atoms with E-state index < -0.39 is 0 Å². The highest BCUT2D eigenvalue weighted by Gasteiger charge is 2.38. The smallest absolute Gasteiger partial charge is 0.410 e. The molecule has 1 rings (SSSR count). The second kappa shape index (κ2) is 2.96. The summed E-state index contributed by atoms with van der Waals surface area (Å²) >= 11 is 0. The summed E-state index contributed by atoms with van der Waals surface area (Å²) in [6, 6.07) is 0.262. The first kappa shape index (κ1) is 9.36. The third kappa shape index (κ3) is 1.54. The Morgan fingerprint density at radius 2 is 2.17 bits per heavy atom. The van der Waals surface area contributed by atoms with Crippen LogP contribution in [0, 0.1) is 0 Å². The fourth-order valence-corrected chi connectivity index (χ4v) is 1.58. The van der Waals surface area contributed by atoms with Gasteiger partial charge >= 0.3 is 6.09 Å². The summed E-state index contributed by atoms with van der Waals surface area (Å²) in [5.74, 6) is 0. The summed E-state index contributed by atoms with van der Waals surface area (Å²) in [4.78, 5) is 13.1. The summed E-state index contributed by atoms with van der Waals surface area (Å²) in [5.41, 5.74) is -0.117. The van der Waals surface area contributed by atoms with Crippen LogP contribution in [-0.4, -0.2) is 29.2 Å². The summed E-state index contributed by atoms with van der Waals surface area (Å²) in [6.07, 6.45) is 0.789. The molecule has 0 aromatic carbocycles. The highest BCUT2D eigenvalue weighted by Crippen LogP contribution is 2.24. The molecule has 1 fully saturated rings. The van der Waals surface area contributed by atoms with Gasteiger partial charge in [0, 0.05) is 5.54 Å². The van der Waals surface area contributed by atoms with Gasteiger partial charge in [0.05, 0.1) is 6.04 Å². The molecular weight excluding hydrogens is 154 g/mol. The van der Waals surface area contributed by atoms with Gasteiger partial charge < -0.3 is 4.74 Å². The van der Waals surface area contributed by atoms with Crippen LogP contribution in [0.2, 0.25) is 0 Å². The first-order chi connectivity index (χ1) is 5.46.